The summed E-state index contributed by atoms with van der Waals surface area (Å²) in [6.07, 6.45) is 3.83. The fraction of sp³-hybridized carbons (Fsp3) is 0.647. The Morgan fingerprint density at radius 1 is 1.38 bits per heavy atom. The van der Waals surface area contributed by atoms with Gasteiger partial charge in [-0.2, -0.15) is 0 Å². The van der Waals surface area contributed by atoms with E-state index >= 15 is 0 Å². The number of halogens is 1. The third kappa shape index (κ3) is 4.19. The molecule has 0 bridgehead atoms. The average molecular weight is 309 g/mol. The van der Waals surface area contributed by atoms with Crippen molar-refractivity contribution in [1.29, 1.82) is 0 Å². The van der Waals surface area contributed by atoms with E-state index in [0.29, 0.717) is 0 Å². The Hall–Kier alpha value is -0.610. The van der Waals surface area contributed by atoms with Crippen molar-refractivity contribution < 1.29 is 4.74 Å². The van der Waals surface area contributed by atoms with Crippen LogP contribution in [0.4, 0.5) is 0 Å². The second kappa shape index (κ2) is 6.66. The minimum absolute atomic E-state index is 0.262. The van der Waals surface area contributed by atoms with Crippen LogP contribution in [0, 0.1) is 5.41 Å². The van der Waals surface area contributed by atoms with Crippen LogP contribution in [0.5, 0.6) is 0 Å². The topological polar surface area (TPSA) is 24.5 Å². The number of ether oxygens (including phenoxy) is 1. The molecule has 1 aromatic rings. The highest BCUT2D eigenvalue weighted by Crippen LogP contribution is 2.31. The fourth-order valence-electron chi connectivity index (χ4n) is 3.16. The predicted octanol–water partition coefficient (Wildman–Crippen LogP) is 2.93. The Kier molecular flexibility index (Phi) is 4.85. The maximum atomic E-state index is 6.27. The summed E-state index contributed by atoms with van der Waals surface area (Å²) >= 11 is 6.27. The van der Waals surface area contributed by atoms with Gasteiger partial charge in [-0.3, -0.25) is 0 Å². The zero-order chi connectivity index (χ0) is 14.7. The highest BCUT2D eigenvalue weighted by molar-refractivity contribution is 6.31. The molecule has 1 atom stereocenters. The molecule has 0 aromatic heterocycles. The maximum absolute atomic E-state index is 6.27. The van der Waals surface area contributed by atoms with E-state index in [4.69, 9.17) is 16.3 Å². The van der Waals surface area contributed by atoms with Crippen LogP contribution in [0.25, 0.3) is 0 Å². The molecule has 1 N–H and O–H groups in total. The predicted molar refractivity (Wildman–Crippen MR) is 86.7 cm³/mol. The van der Waals surface area contributed by atoms with Gasteiger partial charge in [-0.1, -0.05) is 29.8 Å². The van der Waals surface area contributed by atoms with E-state index in [1.165, 1.54) is 18.4 Å². The monoisotopic (exact) mass is 308 g/mol. The van der Waals surface area contributed by atoms with E-state index in [1.54, 1.807) is 0 Å². The summed E-state index contributed by atoms with van der Waals surface area (Å²) in [5.41, 5.74) is 1.46. The third-order valence-corrected chi connectivity index (χ3v) is 4.90. The molecule has 1 saturated carbocycles. The second-order valence-electron chi connectivity index (χ2n) is 6.72. The largest absolute Gasteiger partial charge is 0.381 e. The van der Waals surface area contributed by atoms with Gasteiger partial charge in [0.05, 0.1) is 6.61 Å². The van der Waals surface area contributed by atoms with Crippen molar-refractivity contribution in [3.05, 3.63) is 34.9 Å². The van der Waals surface area contributed by atoms with E-state index < -0.39 is 0 Å². The van der Waals surface area contributed by atoms with E-state index in [2.05, 4.69) is 29.4 Å². The van der Waals surface area contributed by atoms with Gasteiger partial charge in [0.15, 0.2) is 0 Å². The standard InChI is InChI=1S/C17H25ClN2O/c1-20(10-14-4-2-3-5-16(14)18)12-17(8-9-21-13-17)11-19-15-6-7-15/h2-5,15,19H,6-13H2,1H3. The number of nitrogens with one attached hydrogen (secondary N) is 1. The van der Waals surface area contributed by atoms with E-state index in [-0.39, 0.29) is 5.41 Å². The molecule has 2 aliphatic rings. The maximum Gasteiger partial charge on any atom is 0.0547 e. The van der Waals surface area contributed by atoms with Crippen molar-refractivity contribution >= 4 is 11.6 Å². The van der Waals surface area contributed by atoms with Crippen LogP contribution < -0.4 is 5.32 Å². The highest BCUT2D eigenvalue weighted by atomic mass is 35.5. The molecule has 1 heterocycles. The van der Waals surface area contributed by atoms with Crippen LogP contribution in [0.3, 0.4) is 0 Å². The van der Waals surface area contributed by atoms with Crippen LogP contribution in [0.1, 0.15) is 24.8 Å². The molecular formula is C17H25ClN2O. The first-order valence-electron chi connectivity index (χ1n) is 7.90. The van der Waals surface area contributed by atoms with Gasteiger partial charge in [0, 0.05) is 42.7 Å². The number of hydrogen-bond acceptors (Lipinski definition) is 3. The lowest BCUT2D eigenvalue weighted by atomic mass is 9.86. The third-order valence-electron chi connectivity index (χ3n) is 4.53. The smallest absolute Gasteiger partial charge is 0.0547 e. The van der Waals surface area contributed by atoms with E-state index in [1.807, 2.05) is 12.1 Å². The summed E-state index contributed by atoms with van der Waals surface area (Å²) in [4.78, 5) is 2.38. The number of nitrogens with zero attached hydrogens (tertiary/aromatic N) is 1. The Balaban J connectivity index is 1.58. The van der Waals surface area contributed by atoms with Crippen LogP contribution >= 0.6 is 11.6 Å². The first-order valence-corrected chi connectivity index (χ1v) is 8.28. The van der Waals surface area contributed by atoms with Crippen molar-refractivity contribution in [1.82, 2.24) is 10.2 Å². The lowest BCUT2D eigenvalue weighted by Gasteiger charge is -2.33. The van der Waals surface area contributed by atoms with Gasteiger partial charge in [-0.05, 0) is 37.9 Å². The molecule has 1 aliphatic heterocycles. The summed E-state index contributed by atoms with van der Waals surface area (Å²) in [6, 6.07) is 8.87. The zero-order valence-electron chi connectivity index (χ0n) is 12.8. The molecule has 0 radical (unpaired) electrons. The minimum atomic E-state index is 0.262. The summed E-state index contributed by atoms with van der Waals surface area (Å²) < 4.78 is 5.70. The van der Waals surface area contributed by atoms with Crippen molar-refractivity contribution in [3.8, 4) is 0 Å². The zero-order valence-corrected chi connectivity index (χ0v) is 13.5. The lowest BCUT2D eigenvalue weighted by Crippen LogP contribution is -2.44. The van der Waals surface area contributed by atoms with Crippen LogP contribution in [0.2, 0.25) is 5.02 Å². The van der Waals surface area contributed by atoms with Crippen LogP contribution in [-0.4, -0.2) is 44.3 Å². The van der Waals surface area contributed by atoms with Crippen LogP contribution in [-0.2, 0) is 11.3 Å². The SMILES string of the molecule is CN(Cc1ccccc1Cl)CC1(CNC2CC2)CCOC1. The van der Waals surface area contributed by atoms with Gasteiger partial charge >= 0.3 is 0 Å². The van der Waals surface area contributed by atoms with Crippen molar-refractivity contribution in [2.24, 2.45) is 5.41 Å². The number of benzene rings is 1. The summed E-state index contributed by atoms with van der Waals surface area (Å²) in [5, 5.41) is 4.55. The average Bonchev–Trinajstić information content (AvgIpc) is 3.19. The molecule has 0 spiro atoms. The van der Waals surface area contributed by atoms with Gasteiger partial charge in [0.25, 0.3) is 0 Å². The van der Waals surface area contributed by atoms with Gasteiger partial charge in [-0.25, -0.2) is 0 Å². The van der Waals surface area contributed by atoms with E-state index in [9.17, 15) is 0 Å². The fourth-order valence-corrected chi connectivity index (χ4v) is 3.36. The molecular weight excluding hydrogens is 284 g/mol. The van der Waals surface area contributed by atoms with Crippen molar-refractivity contribution in [2.45, 2.75) is 31.8 Å². The Bertz CT molecular complexity index is 470. The number of hydrogen-bond donors (Lipinski definition) is 1. The molecule has 4 heteroatoms. The first-order chi connectivity index (χ1) is 10.2. The number of rotatable bonds is 7. The Morgan fingerprint density at radius 3 is 2.86 bits per heavy atom. The second-order valence-corrected chi connectivity index (χ2v) is 7.13. The Labute approximate surface area is 132 Å². The van der Waals surface area contributed by atoms with Crippen molar-refractivity contribution in [2.75, 3.05) is 33.4 Å². The van der Waals surface area contributed by atoms with Gasteiger partial charge in [-0.15, -0.1) is 0 Å². The van der Waals surface area contributed by atoms with Gasteiger partial charge in [0.1, 0.15) is 0 Å². The molecule has 1 unspecified atom stereocenters. The summed E-state index contributed by atoms with van der Waals surface area (Å²) in [5.74, 6) is 0. The van der Waals surface area contributed by atoms with Crippen molar-refractivity contribution in [3.63, 3.8) is 0 Å². The quantitative estimate of drug-likeness (QED) is 0.838. The van der Waals surface area contributed by atoms with Gasteiger partial charge < -0.3 is 15.0 Å². The molecule has 0 amide bonds. The molecule has 3 rings (SSSR count). The summed E-state index contributed by atoms with van der Waals surface area (Å²) in [6.45, 7) is 4.79. The lowest BCUT2D eigenvalue weighted by molar-refractivity contribution is 0.116. The van der Waals surface area contributed by atoms with Crippen LogP contribution in [0.15, 0.2) is 24.3 Å². The van der Waals surface area contributed by atoms with Gasteiger partial charge in [0.2, 0.25) is 0 Å². The first kappa shape index (κ1) is 15.3. The normalized spacial score (nSPS) is 25.7. The molecule has 1 aromatic carbocycles. The molecule has 1 aliphatic carbocycles. The highest BCUT2D eigenvalue weighted by Gasteiger charge is 2.37. The molecule has 3 nitrogen and oxygen atoms in total. The Morgan fingerprint density at radius 2 is 2.19 bits per heavy atom. The minimum Gasteiger partial charge on any atom is -0.381 e. The molecule has 2 fully saturated rings. The summed E-state index contributed by atoms with van der Waals surface area (Å²) in [7, 11) is 2.18. The molecule has 116 valence electrons. The van der Waals surface area contributed by atoms with E-state index in [0.717, 1.165) is 50.3 Å². The molecule has 21 heavy (non-hydrogen) atoms. The molecule has 1 saturated heterocycles.